The summed E-state index contributed by atoms with van der Waals surface area (Å²) in [5, 5.41) is -0.567. The summed E-state index contributed by atoms with van der Waals surface area (Å²) in [6, 6.07) is 0.344. The standard InChI is InChI=1S/C9H13ClN2O3S2/c1-17(13,14)8-6-16-3-2-12(8)9-11-7(4-10)5-15-9/h5,8H,2-4,6H2,1H3. The Morgan fingerprint density at radius 3 is 3.06 bits per heavy atom. The largest absolute Gasteiger partial charge is 0.432 e. The van der Waals surface area contributed by atoms with Crippen LogP contribution in [-0.2, 0) is 15.7 Å². The molecule has 0 aliphatic carbocycles. The molecule has 1 aromatic heterocycles. The van der Waals surface area contributed by atoms with E-state index in [1.807, 2.05) is 0 Å². The lowest BCUT2D eigenvalue weighted by molar-refractivity contribution is 0.522. The average molecular weight is 297 g/mol. The molecule has 0 spiro atoms. The average Bonchev–Trinajstić information content (AvgIpc) is 2.76. The third-order valence-electron chi connectivity index (χ3n) is 2.50. The molecule has 0 bridgehead atoms. The Morgan fingerprint density at radius 2 is 2.47 bits per heavy atom. The molecule has 0 saturated carbocycles. The number of halogens is 1. The van der Waals surface area contributed by atoms with E-state index < -0.39 is 15.2 Å². The number of hydrogen-bond acceptors (Lipinski definition) is 6. The van der Waals surface area contributed by atoms with Gasteiger partial charge < -0.3 is 9.32 Å². The highest BCUT2D eigenvalue weighted by Gasteiger charge is 2.33. The smallest absolute Gasteiger partial charge is 0.298 e. The number of rotatable bonds is 3. The van der Waals surface area contributed by atoms with Gasteiger partial charge in [0.2, 0.25) is 0 Å². The zero-order valence-electron chi connectivity index (χ0n) is 9.30. The summed E-state index contributed by atoms with van der Waals surface area (Å²) in [4.78, 5) is 5.87. The molecule has 1 aromatic rings. The minimum Gasteiger partial charge on any atom is -0.432 e. The molecule has 1 unspecified atom stereocenters. The molecule has 2 rings (SSSR count). The number of anilines is 1. The van der Waals surface area contributed by atoms with Crippen LogP contribution in [0.25, 0.3) is 0 Å². The minimum absolute atomic E-state index is 0.260. The van der Waals surface area contributed by atoms with Crippen molar-refractivity contribution in [1.29, 1.82) is 0 Å². The highest BCUT2D eigenvalue weighted by Crippen LogP contribution is 2.26. The summed E-state index contributed by atoms with van der Waals surface area (Å²) in [5.41, 5.74) is 0.618. The van der Waals surface area contributed by atoms with Gasteiger partial charge in [0.1, 0.15) is 11.6 Å². The first kappa shape index (κ1) is 13.0. The maximum absolute atomic E-state index is 11.7. The van der Waals surface area contributed by atoms with Crippen LogP contribution in [0, 0.1) is 0 Å². The second kappa shape index (κ2) is 5.07. The Balaban J connectivity index is 2.27. The van der Waals surface area contributed by atoms with Gasteiger partial charge in [-0.1, -0.05) is 0 Å². The molecule has 1 saturated heterocycles. The summed E-state index contributed by atoms with van der Waals surface area (Å²) in [7, 11) is -3.15. The maximum Gasteiger partial charge on any atom is 0.298 e. The molecular weight excluding hydrogens is 284 g/mol. The highest BCUT2D eigenvalue weighted by atomic mass is 35.5. The van der Waals surface area contributed by atoms with E-state index in [0.29, 0.717) is 24.0 Å². The summed E-state index contributed by atoms with van der Waals surface area (Å²) >= 11 is 7.27. The van der Waals surface area contributed by atoms with Crippen LogP contribution in [0.3, 0.4) is 0 Å². The number of hydrogen-bond donors (Lipinski definition) is 0. The molecule has 8 heteroatoms. The quantitative estimate of drug-likeness (QED) is 0.784. The van der Waals surface area contributed by atoms with Crippen LogP contribution in [0.5, 0.6) is 0 Å². The fourth-order valence-corrected chi connectivity index (χ4v) is 4.58. The van der Waals surface area contributed by atoms with Gasteiger partial charge in [-0.3, -0.25) is 0 Å². The molecule has 96 valence electrons. The molecule has 17 heavy (non-hydrogen) atoms. The fourth-order valence-electron chi connectivity index (χ4n) is 1.64. The van der Waals surface area contributed by atoms with Crippen LogP contribution < -0.4 is 4.90 Å². The Kier molecular flexibility index (Phi) is 3.89. The second-order valence-electron chi connectivity index (χ2n) is 3.81. The SMILES string of the molecule is CS(=O)(=O)C1CSCCN1c1nc(CCl)co1. The number of sulfone groups is 1. The van der Waals surface area contributed by atoms with E-state index in [2.05, 4.69) is 4.98 Å². The summed E-state index contributed by atoms with van der Waals surface area (Å²) in [6.07, 6.45) is 2.70. The van der Waals surface area contributed by atoms with Crippen molar-refractivity contribution in [2.75, 3.05) is 29.2 Å². The van der Waals surface area contributed by atoms with E-state index in [9.17, 15) is 8.42 Å². The van der Waals surface area contributed by atoms with Crippen molar-refractivity contribution >= 4 is 39.2 Å². The normalized spacial score (nSPS) is 21.8. The zero-order chi connectivity index (χ0) is 12.5. The predicted octanol–water partition coefficient (Wildman–Crippen LogP) is 1.34. The summed E-state index contributed by atoms with van der Waals surface area (Å²) in [6.45, 7) is 0.616. The van der Waals surface area contributed by atoms with Gasteiger partial charge in [0, 0.05) is 24.3 Å². The van der Waals surface area contributed by atoms with Crippen molar-refractivity contribution in [3.8, 4) is 0 Å². The van der Waals surface area contributed by atoms with Gasteiger partial charge in [-0.25, -0.2) is 8.42 Å². The lowest BCUT2D eigenvalue weighted by atomic mass is 10.5. The Labute approximate surface area is 109 Å². The molecule has 0 N–H and O–H groups in total. The molecule has 1 atom stereocenters. The fraction of sp³-hybridized carbons (Fsp3) is 0.667. The summed E-state index contributed by atoms with van der Waals surface area (Å²) in [5.74, 6) is 1.66. The van der Waals surface area contributed by atoms with Crippen LogP contribution in [0.1, 0.15) is 5.69 Å². The van der Waals surface area contributed by atoms with Crippen LogP contribution in [0.4, 0.5) is 6.01 Å². The Morgan fingerprint density at radius 1 is 1.71 bits per heavy atom. The van der Waals surface area contributed by atoms with Gasteiger partial charge in [0.15, 0.2) is 9.84 Å². The van der Waals surface area contributed by atoms with Crippen LogP contribution in [-0.4, -0.2) is 43.1 Å². The number of nitrogens with zero attached hydrogens (tertiary/aromatic N) is 2. The zero-order valence-corrected chi connectivity index (χ0v) is 11.7. The predicted molar refractivity (Wildman–Crippen MR) is 69.4 cm³/mol. The molecule has 0 aromatic carbocycles. The van der Waals surface area contributed by atoms with Crippen molar-refractivity contribution in [1.82, 2.24) is 4.98 Å². The molecule has 1 fully saturated rings. The summed E-state index contributed by atoms with van der Waals surface area (Å²) < 4.78 is 28.7. The molecule has 0 radical (unpaired) electrons. The van der Waals surface area contributed by atoms with Gasteiger partial charge in [-0.2, -0.15) is 16.7 Å². The Bertz CT molecular complexity index is 488. The van der Waals surface area contributed by atoms with Crippen LogP contribution in [0.15, 0.2) is 10.7 Å². The highest BCUT2D eigenvalue weighted by molar-refractivity contribution is 8.01. The molecular formula is C9H13ClN2O3S2. The number of oxazole rings is 1. The van der Waals surface area contributed by atoms with Crippen molar-refractivity contribution < 1.29 is 12.8 Å². The van der Waals surface area contributed by atoms with E-state index >= 15 is 0 Å². The van der Waals surface area contributed by atoms with Gasteiger partial charge in [0.25, 0.3) is 6.01 Å². The molecule has 1 aliphatic heterocycles. The van der Waals surface area contributed by atoms with E-state index in [4.69, 9.17) is 16.0 Å². The second-order valence-corrected chi connectivity index (χ2v) is 7.43. The van der Waals surface area contributed by atoms with Gasteiger partial charge in [-0.15, -0.1) is 11.6 Å². The molecule has 0 amide bonds. The van der Waals surface area contributed by atoms with Crippen molar-refractivity contribution in [3.63, 3.8) is 0 Å². The Hall–Kier alpha value is -0.400. The first-order chi connectivity index (χ1) is 8.02. The lowest BCUT2D eigenvalue weighted by Crippen LogP contribution is -2.47. The molecule has 1 aliphatic rings. The first-order valence-electron chi connectivity index (χ1n) is 5.06. The van der Waals surface area contributed by atoms with E-state index in [1.54, 1.807) is 16.7 Å². The van der Waals surface area contributed by atoms with Gasteiger partial charge >= 0.3 is 0 Å². The number of aromatic nitrogens is 1. The van der Waals surface area contributed by atoms with Crippen molar-refractivity contribution in [2.24, 2.45) is 0 Å². The van der Waals surface area contributed by atoms with Gasteiger partial charge in [-0.05, 0) is 0 Å². The minimum atomic E-state index is -3.15. The maximum atomic E-state index is 11.7. The molecule has 2 heterocycles. The number of alkyl halides is 1. The topological polar surface area (TPSA) is 63.4 Å². The van der Waals surface area contributed by atoms with Crippen LogP contribution >= 0.6 is 23.4 Å². The lowest BCUT2D eigenvalue weighted by Gasteiger charge is -2.32. The van der Waals surface area contributed by atoms with E-state index in [0.717, 1.165) is 5.75 Å². The van der Waals surface area contributed by atoms with E-state index in [1.165, 1.54) is 12.5 Å². The van der Waals surface area contributed by atoms with Crippen LogP contribution in [0.2, 0.25) is 0 Å². The molecule has 5 nitrogen and oxygen atoms in total. The van der Waals surface area contributed by atoms with E-state index in [-0.39, 0.29) is 5.88 Å². The third kappa shape index (κ3) is 2.89. The number of thioether (sulfide) groups is 1. The monoisotopic (exact) mass is 296 g/mol. The van der Waals surface area contributed by atoms with Gasteiger partial charge in [0.05, 0.1) is 11.6 Å². The van der Waals surface area contributed by atoms with Crippen molar-refractivity contribution in [3.05, 3.63) is 12.0 Å². The third-order valence-corrected chi connectivity index (χ3v) is 5.42. The van der Waals surface area contributed by atoms with Crippen molar-refractivity contribution in [2.45, 2.75) is 11.3 Å². The first-order valence-corrected chi connectivity index (χ1v) is 8.70.